The van der Waals surface area contributed by atoms with E-state index in [4.69, 9.17) is 33.6 Å². The maximum atomic E-state index is 15.9. The van der Waals surface area contributed by atoms with E-state index < -0.39 is 89.7 Å². The van der Waals surface area contributed by atoms with Crippen molar-refractivity contribution in [1.29, 1.82) is 0 Å². The number of hydrogen-bond acceptors (Lipinski definition) is 13. The van der Waals surface area contributed by atoms with E-state index >= 15 is 4.79 Å². The lowest BCUT2D eigenvalue weighted by Gasteiger charge is -2.50. The third-order valence-electron chi connectivity index (χ3n) is 12.9. The molecule has 3 N–H and O–H groups in total. The summed E-state index contributed by atoms with van der Waals surface area (Å²) in [5.74, 6) is -3.05. The van der Waals surface area contributed by atoms with Crippen molar-refractivity contribution >= 4 is 29.8 Å². The number of nitrogens with one attached hydrogen (secondary N) is 1. The predicted molar refractivity (Wildman–Crippen MR) is 241 cm³/mol. The maximum Gasteiger partial charge on any atom is 0.327 e. The molecule has 0 unspecified atom stereocenters. The highest BCUT2D eigenvalue weighted by atomic mass is 16.8. The van der Waals surface area contributed by atoms with Crippen molar-refractivity contribution in [2.75, 3.05) is 26.9 Å². The molecule has 4 aliphatic rings. The molecule has 2 aromatic carbocycles. The predicted octanol–water partition coefficient (Wildman–Crippen LogP) is 5.78. The van der Waals surface area contributed by atoms with Crippen molar-refractivity contribution in [3.05, 3.63) is 77.5 Å². The van der Waals surface area contributed by atoms with Gasteiger partial charge in [0.25, 0.3) is 0 Å². The minimum atomic E-state index is -1.56. The summed E-state index contributed by atoms with van der Waals surface area (Å²) in [6.45, 7) is 9.31. The second-order valence-corrected chi connectivity index (χ2v) is 19.0. The molecule has 2 aromatic rings. The molecule has 3 heterocycles. The Hall–Kier alpha value is -4.38. The number of rotatable bonds is 24. The highest BCUT2D eigenvalue weighted by Crippen LogP contribution is 2.58. The Balaban J connectivity index is 1.36. The summed E-state index contributed by atoms with van der Waals surface area (Å²) in [7, 11) is 1.57. The summed E-state index contributed by atoms with van der Waals surface area (Å²) >= 11 is 0. The second kappa shape index (κ2) is 22.4. The first kappa shape index (κ1) is 50.0. The highest BCUT2D eigenvalue weighted by molar-refractivity contribution is 5.96. The molecule has 8 atom stereocenters. The number of nitrogens with zero attached hydrogens (tertiary/aromatic N) is 2. The zero-order valence-electron chi connectivity index (χ0n) is 39.1. The lowest BCUT2D eigenvalue weighted by Crippen LogP contribution is -2.70. The second-order valence-electron chi connectivity index (χ2n) is 19.0. The molecule has 6 rings (SSSR count). The quantitative estimate of drug-likeness (QED) is 0.0656. The molecule has 15 heteroatoms. The van der Waals surface area contributed by atoms with E-state index in [2.05, 4.69) is 19.2 Å². The van der Waals surface area contributed by atoms with Crippen molar-refractivity contribution in [3.8, 4) is 0 Å². The van der Waals surface area contributed by atoms with E-state index in [-0.39, 0.29) is 45.4 Å². The number of aliphatic hydroxyl groups excluding tert-OH is 2. The number of unbranched alkanes of at least 4 members (excludes halogenated alkanes) is 4. The van der Waals surface area contributed by atoms with Crippen LogP contribution in [0.25, 0.3) is 6.08 Å². The van der Waals surface area contributed by atoms with Gasteiger partial charge in [-0.05, 0) is 62.8 Å². The molecule has 358 valence electrons. The van der Waals surface area contributed by atoms with Gasteiger partial charge in [-0.1, -0.05) is 94.1 Å². The van der Waals surface area contributed by atoms with Crippen molar-refractivity contribution in [2.24, 2.45) is 5.41 Å². The fourth-order valence-corrected chi connectivity index (χ4v) is 9.80. The molecular formula is C50H71N3O12. The number of esters is 2. The van der Waals surface area contributed by atoms with Crippen LogP contribution in [0.1, 0.15) is 122 Å². The summed E-state index contributed by atoms with van der Waals surface area (Å²) < 4.78 is 31.2. The Morgan fingerprint density at radius 2 is 1.66 bits per heavy atom. The fraction of sp³-hybridized carbons (Fsp3) is 0.640. The van der Waals surface area contributed by atoms with Crippen LogP contribution in [0.2, 0.25) is 0 Å². The number of ether oxygens (including phenoxy) is 5. The Morgan fingerprint density at radius 3 is 2.32 bits per heavy atom. The van der Waals surface area contributed by atoms with Gasteiger partial charge in [0.15, 0.2) is 11.8 Å². The first-order chi connectivity index (χ1) is 31.2. The van der Waals surface area contributed by atoms with Crippen LogP contribution in [-0.2, 0) is 60.7 Å². The van der Waals surface area contributed by atoms with Crippen LogP contribution < -0.4 is 5.32 Å². The average Bonchev–Trinajstić information content (AvgIpc) is 3.83. The maximum absolute atomic E-state index is 15.9. The smallest absolute Gasteiger partial charge is 0.327 e. The van der Waals surface area contributed by atoms with Crippen LogP contribution in [0.4, 0.5) is 0 Å². The first-order valence-electron chi connectivity index (χ1n) is 23.6. The Labute approximate surface area is 384 Å². The number of hydroxylamine groups is 2. The standard InChI is InChI=1S/C50H71N3O12/c1-7-9-14-24-49(25-15-10-8-2)63-41-39-31-50(43(46(58)61-39)53(65-44(50)42(41)64-49)32-36-20-16-19-35(29-36)23-27-60-28-26-54)47(59)52(6)38(30-34-17-12-11-13-18-34)45(57)51-37(33-55)21-22-40(56)62-48(3,4)5/h11-13,16-20,23,27,29,37-39,41-44,54-55H,7-10,14-15,21-22,24-26,28,30-33H2,1-6H3,(H,51,57)/t37-,38+,39+,41-,42-,43+,44+,50+/m0/s1. The number of aliphatic hydroxyl groups is 2. The Morgan fingerprint density at radius 1 is 0.969 bits per heavy atom. The van der Waals surface area contributed by atoms with Crippen LogP contribution in [0.5, 0.6) is 0 Å². The molecule has 3 aliphatic heterocycles. The largest absolute Gasteiger partial charge is 0.499 e. The van der Waals surface area contributed by atoms with Crippen LogP contribution in [0.3, 0.4) is 0 Å². The van der Waals surface area contributed by atoms with E-state index in [1.807, 2.05) is 54.6 Å². The molecule has 3 saturated heterocycles. The molecule has 2 bridgehead atoms. The van der Waals surface area contributed by atoms with Gasteiger partial charge in [-0.3, -0.25) is 24.0 Å². The molecule has 0 spiro atoms. The van der Waals surface area contributed by atoms with Crippen LogP contribution in [0, 0.1) is 5.41 Å². The SMILES string of the molecule is CCCCCC1(CCCCC)O[C@@H]2[C@H](O1)[C@H]1ON(Cc3cccc(C=COCCO)c3)[C@@H]3C(=O)O[C@@H]2C[C@]13C(=O)N(C)[C@H](Cc1ccccc1)C(=O)N[C@H](CO)CCC(=O)OC(C)(C)C. The van der Waals surface area contributed by atoms with Crippen LogP contribution >= 0.6 is 0 Å². The van der Waals surface area contributed by atoms with Crippen LogP contribution in [0.15, 0.2) is 60.9 Å². The number of amides is 2. The molecule has 1 saturated carbocycles. The van der Waals surface area contributed by atoms with Crippen molar-refractivity contribution in [3.63, 3.8) is 0 Å². The van der Waals surface area contributed by atoms with Gasteiger partial charge in [-0.25, -0.2) is 0 Å². The third-order valence-corrected chi connectivity index (χ3v) is 12.9. The summed E-state index contributed by atoms with van der Waals surface area (Å²) in [6.07, 6.45) is 7.32. The number of benzene rings is 2. The molecule has 0 radical (unpaired) electrons. The van der Waals surface area contributed by atoms with E-state index in [1.54, 1.807) is 39.0 Å². The monoisotopic (exact) mass is 906 g/mol. The van der Waals surface area contributed by atoms with Gasteiger partial charge in [-0.15, -0.1) is 0 Å². The molecule has 2 amide bonds. The van der Waals surface area contributed by atoms with Crippen molar-refractivity contribution in [2.45, 2.75) is 172 Å². The normalized spacial score (nSPS) is 25.4. The molecule has 15 nitrogen and oxygen atoms in total. The van der Waals surface area contributed by atoms with Crippen molar-refractivity contribution in [1.82, 2.24) is 15.3 Å². The summed E-state index contributed by atoms with van der Waals surface area (Å²) in [6, 6.07) is 13.8. The van der Waals surface area contributed by atoms with Gasteiger partial charge in [0.1, 0.15) is 48.1 Å². The van der Waals surface area contributed by atoms with Crippen LogP contribution in [-0.4, -0.2) is 125 Å². The lowest BCUT2D eigenvalue weighted by molar-refractivity contribution is -0.225. The highest BCUT2D eigenvalue weighted by Gasteiger charge is 2.76. The topological polar surface area (TPSA) is 183 Å². The number of carbonyl (C=O) groups is 4. The van der Waals surface area contributed by atoms with Gasteiger partial charge in [0, 0.05) is 39.2 Å². The molecule has 1 aliphatic carbocycles. The number of likely N-dealkylation sites (N-methyl/N-ethyl adjacent to an activating group) is 1. The average molecular weight is 906 g/mol. The van der Waals surface area contributed by atoms with Gasteiger partial charge < -0.3 is 44.1 Å². The third kappa shape index (κ3) is 12.0. The molecular weight excluding hydrogens is 835 g/mol. The molecule has 4 fully saturated rings. The van der Waals surface area contributed by atoms with E-state index in [0.29, 0.717) is 12.8 Å². The van der Waals surface area contributed by atoms with E-state index in [0.717, 1.165) is 55.2 Å². The van der Waals surface area contributed by atoms with Gasteiger partial charge in [0.2, 0.25) is 11.8 Å². The Bertz CT molecular complexity index is 1930. The minimum absolute atomic E-state index is 0.0380. The van der Waals surface area contributed by atoms with Gasteiger partial charge >= 0.3 is 11.9 Å². The lowest BCUT2D eigenvalue weighted by atomic mass is 9.62. The summed E-state index contributed by atoms with van der Waals surface area (Å²) in [5, 5.41) is 24.0. The number of carbonyl (C=O) groups excluding carboxylic acids is 4. The van der Waals surface area contributed by atoms with Gasteiger partial charge in [0.05, 0.1) is 32.1 Å². The number of fused-ring (bicyclic) bond motifs is 4. The Kier molecular flexibility index (Phi) is 17.3. The van der Waals surface area contributed by atoms with E-state index in [9.17, 15) is 19.5 Å². The zero-order valence-corrected chi connectivity index (χ0v) is 39.1. The van der Waals surface area contributed by atoms with E-state index in [1.165, 1.54) is 11.2 Å². The summed E-state index contributed by atoms with van der Waals surface area (Å²) in [5.41, 5.74) is 0.138. The van der Waals surface area contributed by atoms with Crippen molar-refractivity contribution < 1.29 is 57.9 Å². The molecule has 65 heavy (non-hydrogen) atoms. The minimum Gasteiger partial charge on any atom is -0.499 e. The fourth-order valence-electron chi connectivity index (χ4n) is 9.80. The first-order valence-corrected chi connectivity index (χ1v) is 23.6. The zero-order chi connectivity index (χ0) is 46.8. The van der Waals surface area contributed by atoms with Gasteiger partial charge in [-0.2, -0.15) is 5.06 Å². The summed E-state index contributed by atoms with van der Waals surface area (Å²) in [4.78, 5) is 66.0. The number of hydrogen-bond donors (Lipinski definition) is 3. The molecule has 0 aromatic heterocycles.